The molecule has 0 saturated heterocycles. The van der Waals surface area contributed by atoms with E-state index in [4.69, 9.17) is 4.74 Å². The van der Waals surface area contributed by atoms with E-state index >= 15 is 0 Å². The molecule has 3 amide bonds. The van der Waals surface area contributed by atoms with Crippen LogP contribution in [0.1, 0.15) is 43.7 Å². The van der Waals surface area contributed by atoms with Crippen molar-refractivity contribution >= 4 is 23.3 Å². The van der Waals surface area contributed by atoms with Crippen LogP contribution in [0.15, 0.2) is 41.8 Å². The van der Waals surface area contributed by atoms with Gasteiger partial charge in [-0.1, -0.05) is 25.1 Å². The fourth-order valence-electron chi connectivity index (χ4n) is 3.70. The highest BCUT2D eigenvalue weighted by Crippen LogP contribution is 2.34. The van der Waals surface area contributed by atoms with Crippen molar-refractivity contribution in [2.24, 2.45) is 0 Å². The number of ether oxygens (including phenoxy) is 1. The molecule has 0 bridgehead atoms. The summed E-state index contributed by atoms with van der Waals surface area (Å²) in [5, 5.41) is 4.91. The van der Waals surface area contributed by atoms with Gasteiger partial charge in [-0.3, -0.25) is 4.79 Å². The molecule has 2 heterocycles. The third-order valence-corrected chi connectivity index (χ3v) is 6.58. The van der Waals surface area contributed by atoms with Gasteiger partial charge in [0, 0.05) is 24.0 Å². The average molecular weight is 430 g/mol. The van der Waals surface area contributed by atoms with Gasteiger partial charge in [-0.2, -0.15) is 0 Å². The smallest absolute Gasteiger partial charge is 0.318 e. The van der Waals surface area contributed by atoms with Crippen LogP contribution in [-0.2, 0) is 11.2 Å². The Morgan fingerprint density at radius 3 is 2.73 bits per heavy atom. The molecule has 2 aromatic rings. The van der Waals surface area contributed by atoms with Crippen LogP contribution < -0.4 is 10.1 Å². The quantitative estimate of drug-likeness (QED) is 0.688. The van der Waals surface area contributed by atoms with Crippen LogP contribution in [0.5, 0.6) is 5.75 Å². The second-order valence-corrected chi connectivity index (χ2v) is 8.50. The minimum atomic E-state index is -0.189. The summed E-state index contributed by atoms with van der Waals surface area (Å²) < 4.78 is 6.03. The highest BCUT2D eigenvalue weighted by molar-refractivity contribution is 7.10. The van der Waals surface area contributed by atoms with E-state index in [9.17, 15) is 9.59 Å². The van der Waals surface area contributed by atoms with E-state index in [1.165, 1.54) is 4.88 Å². The summed E-state index contributed by atoms with van der Waals surface area (Å²) in [5.74, 6) is 0.746. The third-order valence-electron chi connectivity index (χ3n) is 5.58. The zero-order valence-corrected chi connectivity index (χ0v) is 18.8. The number of urea groups is 1. The molecule has 1 aromatic heterocycles. The molecule has 1 N–H and O–H groups in total. The highest BCUT2D eigenvalue weighted by Gasteiger charge is 2.34. The lowest BCUT2D eigenvalue weighted by atomic mass is 10.00. The number of para-hydroxylation sites is 1. The molecular weight excluding hydrogens is 398 g/mol. The fraction of sp³-hybridized carbons (Fsp3) is 0.478. The lowest BCUT2D eigenvalue weighted by Gasteiger charge is -2.38. The number of nitrogens with one attached hydrogen (secondary N) is 1. The van der Waals surface area contributed by atoms with Gasteiger partial charge in [0.25, 0.3) is 0 Å². The van der Waals surface area contributed by atoms with Gasteiger partial charge in [0.2, 0.25) is 5.91 Å². The first-order chi connectivity index (χ1) is 14.5. The lowest BCUT2D eigenvalue weighted by Crippen LogP contribution is -2.52. The number of thiophene rings is 1. The Bertz CT molecular complexity index is 839. The average Bonchev–Trinajstić information content (AvgIpc) is 3.25. The summed E-state index contributed by atoms with van der Waals surface area (Å²) in [6, 6.07) is 11.4. The number of rotatable bonds is 8. The van der Waals surface area contributed by atoms with E-state index < -0.39 is 0 Å². The summed E-state index contributed by atoms with van der Waals surface area (Å²) in [4.78, 5) is 30.7. The summed E-state index contributed by atoms with van der Waals surface area (Å²) >= 11 is 1.73. The molecule has 30 heavy (non-hydrogen) atoms. The zero-order valence-electron chi connectivity index (χ0n) is 18.0. The van der Waals surface area contributed by atoms with Crippen LogP contribution in [0.2, 0.25) is 0 Å². The second kappa shape index (κ2) is 10.5. The van der Waals surface area contributed by atoms with Crippen LogP contribution in [0, 0.1) is 0 Å². The molecule has 7 heteroatoms. The van der Waals surface area contributed by atoms with Crippen molar-refractivity contribution in [3.05, 3.63) is 52.2 Å². The van der Waals surface area contributed by atoms with Crippen LogP contribution in [0.4, 0.5) is 4.79 Å². The molecule has 6 nitrogen and oxygen atoms in total. The monoisotopic (exact) mass is 429 g/mol. The summed E-state index contributed by atoms with van der Waals surface area (Å²) in [5.41, 5.74) is 1.16. The van der Waals surface area contributed by atoms with Gasteiger partial charge in [0.1, 0.15) is 18.9 Å². The third kappa shape index (κ3) is 5.14. The topological polar surface area (TPSA) is 61.9 Å². The molecule has 1 aliphatic heterocycles. The van der Waals surface area contributed by atoms with Gasteiger partial charge >= 0.3 is 6.03 Å². The molecule has 0 spiro atoms. The molecule has 2 unspecified atom stereocenters. The molecule has 1 aromatic carbocycles. The standard InChI is InChI=1S/C23H31N3O3S/c1-4-17(3)26(23(28)24-5-2)15-22(27)25-13-11-21-19(12-14-30-21)20(25)16-29-18-9-7-6-8-10-18/h6-10,12,14,17,20H,4-5,11,13,15-16H2,1-3H3,(H,24,28). The molecule has 1 aliphatic rings. The number of carbonyl (C=O) groups is 2. The predicted octanol–water partition coefficient (Wildman–Crippen LogP) is 4.08. The Morgan fingerprint density at radius 1 is 1.27 bits per heavy atom. The largest absolute Gasteiger partial charge is 0.491 e. The van der Waals surface area contributed by atoms with Gasteiger partial charge in [0.15, 0.2) is 0 Å². The van der Waals surface area contributed by atoms with E-state index in [0.717, 1.165) is 24.2 Å². The van der Waals surface area contributed by atoms with Crippen molar-refractivity contribution in [2.75, 3.05) is 26.2 Å². The van der Waals surface area contributed by atoms with E-state index in [1.807, 2.05) is 56.0 Å². The number of hydrogen-bond acceptors (Lipinski definition) is 4. The first-order valence-corrected chi connectivity index (χ1v) is 11.5. The number of carbonyl (C=O) groups excluding carboxylic acids is 2. The van der Waals surface area contributed by atoms with Crippen LogP contribution in [0.25, 0.3) is 0 Å². The summed E-state index contributed by atoms with van der Waals surface area (Å²) in [6.45, 7) is 7.52. The van der Waals surface area contributed by atoms with Crippen LogP contribution in [0.3, 0.4) is 0 Å². The Hall–Kier alpha value is -2.54. The molecule has 0 radical (unpaired) electrons. The van der Waals surface area contributed by atoms with Gasteiger partial charge in [-0.05, 0) is 55.8 Å². The van der Waals surface area contributed by atoms with Crippen molar-refractivity contribution < 1.29 is 14.3 Å². The van der Waals surface area contributed by atoms with E-state index in [-0.39, 0.29) is 30.6 Å². The molecule has 0 fully saturated rings. The first-order valence-electron chi connectivity index (χ1n) is 10.6. The van der Waals surface area contributed by atoms with E-state index in [2.05, 4.69) is 16.8 Å². The molecule has 2 atom stereocenters. The van der Waals surface area contributed by atoms with Crippen molar-refractivity contribution in [3.8, 4) is 5.75 Å². The van der Waals surface area contributed by atoms with E-state index in [1.54, 1.807) is 16.2 Å². The van der Waals surface area contributed by atoms with Crippen molar-refractivity contribution in [2.45, 2.75) is 45.7 Å². The molecule has 0 saturated carbocycles. The maximum absolute atomic E-state index is 13.3. The maximum Gasteiger partial charge on any atom is 0.318 e. The second-order valence-electron chi connectivity index (χ2n) is 7.50. The molecule has 0 aliphatic carbocycles. The summed E-state index contributed by atoms with van der Waals surface area (Å²) in [6.07, 6.45) is 1.63. The predicted molar refractivity (Wildman–Crippen MR) is 120 cm³/mol. The lowest BCUT2D eigenvalue weighted by molar-refractivity contribution is -0.135. The van der Waals surface area contributed by atoms with Gasteiger partial charge in [-0.15, -0.1) is 11.3 Å². The van der Waals surface area contributed by atoms with Crippen molar-refractivity contribution in [3.63, 3.8) is 0 Å². The normalized spacial score (nSPS) is 16.5. The van der Waals surface area contributed by atoms with Crippen molar-refractivity contribution in [1.82, 2.24) is 15.1 Å². The minimum Gasteiger partial charge on any atom is -0.491 e. The molecular formula is C23H31N3O3S. The fourth-order valence-corrected chi connectivity index (χ4v) is 4.63. The molecule has 162 valence electrons. The van der Waals surface area contributed by atoms with Crippen molar-refractivity contribution in [1.29, 1.82) is 0 Å². The number of nitrogens with zero attached hydrogens (tertiary/aromatic N) is 2. The Kier molecular flexibility index (Phi) is 7.74. The van der Waals surface area contributed by atoms with Crippen LogP contribution in [-0.4, -0.2) is 54.0 Å². The minimum absolute atomic E-state index is 0.0129. The Labute approximate surface area is 182 Å². The number of amides is 3. The highest BCUT2D eigenvalue weighted by atomic mass is 32.1. The van der Waals surface area contributed by atoms with Gasteiger partial charge < -0.3 is 19.9 Å². The van der Waals surface area contributed by atoms with Gasteiger partial charge in [-0.25, -0.2) is 4.79 Å². The summed E-state index contributed by atoms with van der Waals surface area (Å²) in [7, 11) is 0. The Balaban J connectivity index is 1.77. The Morgan fingerprint density at radius 2 is 2.03 bits per heavy atom. The first kappa shape index (κ1) is 22.2. The zero-order chi connectivity index (χ0) is 21.5. The maximum atomic E-state index is 13.3. The number of hydrogen-bond donors (Lipinski definition) is 1. The van der Waals surface area contributed by atoms with Crippen LogP contribution >= 0.6 is 11.3 Å². The molecule has 3 rings (SSSR count). The van der Waals surface area contributed by atoms with E-state index in [0.29, 0.717) is 19.7 Å². The van der Waals surface area contributed by atoms with Gasteiger partial charge in [0.05, 0.1) is 6.04 Å². The number of fused-ring (bicyclic) bond motifs is 1. The SMILES string of the molecule is CCNC(=O)N(CC(=O)N1CCc2sccc2C1COc1ccccc1)C(C)CC. The number of benzene rings is 1.